The third-order valence-corrected chi connectivity index (χ3v) is 2.64. The highest BCUT2D eigenvalue weighted by Gasteiger charge is 2.27. The molecule has 0 amide bonds. The van der Waals surface area contributed by atoms with Crippen LogP contribution in [0.1, 0.15) is 13.3 Å². The van der Waals surface area contributed by atoms with Crippen LogP contribution >= 0.6 is 0 Å². The summed E-state index contributed by atoms with van der Waals surface area (Å²) in [6.07, 6.45) is 1.05. The van der Waals surface area contributed by atoms with Crippen LogP contribution in [0, 0.1) is 0 Å². The Hall–Kier alpha value is -1.98. The average molecular weight is 230 g/mol. The molecule has 2 aliphatic rings. The number of nitrogens with one attached hydrogen (secondary N) is 1. The SMILES string of the molecule is CCCNc1nc(N(C)C)nc2c3nc-3nc12. The number of hydrogen-bond acceptors (Lipinski definition) is 6. The van der Waals surface area contributed by atoms with Gasteiger partial charge in [-0.25, -0.2) is 15.0 Å². The lowest BCUT2D eigenvalue weighted by Gasteiger charge is -2.12. The second kappa shape index (κ2) is 3.51. The fraction of sp³-hybridized carbons (Fsp3) is 0.455. The first kappa shape index (κ1) is 10.2. The number of nitrogens with zero attached hydrogens (tertiary/aromatic N) is 5. The fourth-order valence-corrected chi connectivity index (χ4v) is 1.70. The van der Waals surface area contributed by atoms with E-state index in [-0.39, 0.29) is 0 Å². The lowest BCUT2D eigenvalue weighted by Crippen LogP contribution is -2.14. The third kappa shape index (κ3) is 1.56. The molecule has 3 rings (SSSR count). The summed E-state index contributed by atoms with van der Waals surface area (Å²) in [6.45, 7) is 3.00. The van der Waals surface area contributed by atoms with E-state index in [0.29, 0.717) is 5.95 Å². The van der Waals surface area contributed by atoms with Gasteiger partial charge in [-0.2, -0.15) is 4.98 Å². The van der Waals surface area contributed by atoms with Crippen molar-refractivity contribution in [2.45, 2.75) is 13.3 Å². The zero-order chi connectivity index (χ0) is 12.0. The molecule has 3 heterocycles. The van der Waals surface area contributed by atoms with Gasteiger partial charge >= 0.3 is 0 Å². The molecule has 1 aromatic heterocycles. The Morgan fingerprint density at radius 3 is 2.59 bits per heavy atom. The molecule has 0 unspecified atom stereocenters. The first-order chi connectivity index (χ1) is 8.20. The van der Waals surface area contributed by atoms with Gasteiger partial charge in [0.25, 0.3) is 0 Å². The van der Waals surface area contributed by atoms with E-state index in [9.17, 15) is 0 Å². The minimum Gasteiger partial charge on any atom is -0.368 e. The Bertz CT molecular complexity index is 592. The predicted octanol–water partition coefficient (Wildman–Crippen LogP) is 1.29. The molecule has 0 bridgehead atoms. The maximum atomic E-state index is 4.48. The zero-order valence-corrected chi connectivity index (χ0v) is 10.2. The molecule has 0 saturated carbocycles. The first-order valence-corrected chi connectivity index (χ1v) is 5.72. The Balaban J connectivity index is 2.12. The summed E-state index contributed by atoms with van der Waals surface area (Å²) in [4.78, 5) is 19.4. The molecular weight excluding hydrogens is 216 g/mol. The molecule has 6 heteroatoms. The van der Waals surface area contributed by atoms with Crippen molar-refractivity contribution in [1.29, 1.82) is 0 Å². The van der Waals surface area contributed by atoms with Gasteiger partial charge in [0.15, 0.2) is 11.6 Å². The number of aromatic nitrogens is 4. The van der Waals surface area contributed by atoms with Crippen LogP contribution in [0.3, 0.4) is 0 Å². The summed E-state index contributed by atoms with van der Waals surface area (Å²) in [5.74, 6) is 2.31. The van der Waals surface area contributed by atoms with Gasteiger partial charge in [-0.1, -0.05) is 6.92 Å². The number of hydrogen-bond donors (Lipinski definition) is 1. The topological polar surface area (TPSA) is 66.8 Å². The van der Waals surface area contributed by atoms with Gasteiger partial charge in [0.05, 0.1) is 0 Å². The highest BCUT2D eigenvalue weighted by molar-refractivity contribution is 6.01. The Kier molecular flexibility index (Phi) is 2.10. The van der Waals surface area contributed by atoms with Crippen molar-refractivity contribution < 1.29 is 0 Å². The quantitative estimate of drug-likeness (QED) is 0.728. The maximum Gasteiger partial charge on any atom is 0.227 e. The molecule has 1 N–H and O–H groups in total. The monoisotopic (exact) mass is 230 g/mol. The molecule has 0 aliphatic carbocycles. The van der Waals surface area contributed by atoms with E-state index in [4.69, 9.17) is 0 Å². The van der Waals surface area contributed by atoms with Gasteiger partial charge in [0.2, 0.25) is 5.95 Å². The average Bonchev–Trinajstić information content (AvgIpc) is 2.99. The summed E-state index contributed by atoms with van der Waals surface area (Å²) >= 11 is 0. The number of fused-ring (bicyclic) bond motifs is 3. The third-order valence-electron chi connectivity index (χ3n) is 2.64. The van der Waals surface area contributed by atoms with Crippen LogP contribution in [-0.2, 0) is 0 Å². The second-order valence-electron chi connectivity index (χ2n) is 4.29. The summed E-state index contributed by atoms with van der Waals surface area (Å²) in [7, 11) is 3.85. The van der Waals surface area contributed by atoms with Crippen LogP contribution in [0.4, 0.5) is 11.8 Å². The van der Waals surface area contributed by atoms with Gasteiger partial charge < -0.3 is 10.2 Å². The van der Waals surface area contributed by atoms with Crippen LogP contribution in [0.2, 0.25) is 0 Å². The zero-order valence-electron chi connectivity index (χ0n) is 10.2. The van der Waals surface area contributed by atoms with E-state index in [1.54, 1.807) is 0 Å². The number of rotatable bonds is 4. The molecule has 0 spiro atoms. The van der Waals surface area contributed by atoms with Crippen LogP contribution < -0.4 is 10.2 Å². The van der Waals surface area contributed by atoms with Crippen LogP contribution in [-0.4, -0.2) is 40.6 Å². The minimum atomic E-state index is 0.688. The van der Waals surface area contributed by atoms with Crippen molar-refractivity contribution >= 4 is 22.8 Å². The van der Waals surface area contributed by atoms with E-state index < -0.39 is 0 Å². The van der Waals surface area contributed by atoms with Crippen molar-refractivity contribution in [2.75, 3.05) is 30.9 Å². The molecule has 0 saturated heterocycles. The highest BCUT2D eigenvalue weighted by Crippen LogP contribution is 2.36. The van der Waals surface area contributed by atoms with Crippen LogP contribution in [0.15, 0.2) is 0 Å². The standard InChI is InChI=1S/C11H14N6/c1-4-5-12-9-7-6(8-10(13-7)14-8)15-11(16-9)17(2)3/h4-5H2,1-3H3,(H,12,15,16). The molecule has 0 aromatic carbocycles. The predicted molar refractivity (Wildman–Crippen MR) is 67.2 cm³/mol. The molecule has 0 fully saturated rings. The van der Waals surface area contributed by atoms with Gasteiger partial charge in [-0.05, 0) is 6.42 Å². The van der Waals surface area contributed by atoms with Crippen molar-refractivity contribution in [3.05, 3.63) is 0 Å². The molecule has 1 aromatic rings. The molecule has 2 aliphatic heterocycles. The van der Waals surface area contributed by atoms with E-state index in [2.05, 4.69) is 32.2 Å². The van der Waals surface area contributed by atoms with Crippen molar-refractivity contribution in [3.63, 3.8) is 0 Å². The molecule has 0 radical (unpaired) electrons. The maximum absolute atomic E-state index is 4.48. The summed E-state index contributed by atoms with van der Waals surface area (Å²) in [6, 6.07) is 0. The Morgan fingerprint density at radius 2 is 1.88 bits per heavy atom. The fourth-order valence-electron chi connectivity index (χ4n) is 1.70. The normalized spacial score (nSPS) is 11.7. The summed E-state index contributed by atoms with van der Waals surface area (Å²) in [5, 5.41) is 3.29. The lowest BCUT2D eigenvalue weighted by molar-refractivity contribution is 0.957. The molecular formula is C11H14N6. The second-order valence-corrected chi connectivity index (χ2v) is 4.29. The van der Waals surface area contributed by atoms with E-state index in [0.717, 1.165) is 41.3 Å². The van der Waals surface area contributed by atoms with Gasteiger partial charge in [0, 0.05) is 20.6 Å². The lowest BCUT2D eigenvalue weighted by atomic mass is 10.4. The Labute approximate surface area is 99.1 Å². The Morgan fingerprint density at radius 1 is 1.06 bits per heavy atom. The van der Waals surface area contributed by atoms with Crippen molar-refractivity contribution in [3.8, 4) is 11.5 Å². The minimum absolute atomic E-state index is 0.688. The van der Waals surface area contributed by atoms with E-state index in [1.807, 2.05) is 19.0 Å². The summed E-state index contributed by atoms with van der Waals surface area (Å²) < 4.78 is 0. The molecule has 88 valence electrons. The van der Waals surface area contributed by atoms with Crippen LogP contribution in [0.5, 0.6) is 0 Å². The van der Waals surface area contributed by atoms with E-state index >= 15 is 0 Å². The highest BCUT2D eigenvalue weighted by atomic mass is 15.2. The smallest absolute Gasteiger partial charge is 0.227 e. The molecule has 6 nitrogen and oxygen atoms in total. The largest absolute Gasteiger partial charge is 0.368 e. The van der Waals surface area contributed by atoms with Gasteiger partial charge in [-0.3, -0.25) is 0 Å². The van der Waals surface area contributed by atoms with Gasteiger partial charge in [-0.15, -0.1) is 0 Å². The first-order valence-electron chi connectivity index (χ1n) is 5.72. The van der Waals surface area contributed by atoms with Gasteiger partial charge in [0.1, 0.15) is 16.7 Å². The summed E-state index contributed by atoms with van der Waals surface area (Å²) in [5.41, 5.74) is 2.62. The van der Waals surface area contributed by atoms with Crippen LogP contribution in [0.25, 0.3) is 22.6 Å². The molecule has 0 atom stereocenters. The number of anilines is 2. The van der Waals surface area contributed by atoms with E-state index in [1.165, 1.54) is 0 Å². The molecule has 17 heavy (non-hydrogen) atoms. The van der Waals surface area contributed by atoms with Crippen molar-refractivity contribution in [1.82, 2.24) is 19.9 Å². The van der Waals surface area contributed by atoms with Crippen molar-refractivity contribution in [2.24, 2.45) is 0 Å².